The smallest absolute Gasteiger partial charge is 0.251 e. The van der Waals surface area contributed by atoms with Crippen molar-refractivity contribution in [2.45, 2.75) is 19.1 Å². The van der Waals surface area contributed by atoms with Crippen molar-refractivity contribution in [3.05, 3.63) is 47.3 Å². The Kier molecular flexibility index (Phi) is 4.49. The van der Waals surface area contributed by atoms with Crippen LogP contribution in [-0.2, 0) is 11.8 Å². The molecule has 0 radical (unpaired) electrons. The lowest BCUT2D eigenvalue weighted by Gasteiger charge is -2.20. The van der Waals surface area contributed by atoms with Gasteiger partial charge in [-0.3, -0.25) is 9.48 Å². The third-order valence-electron chi connectivity index (χ3n) is 3.91. The minimum atomic E-state index is -0.267. The van der Waals surface area contributed by atoms with Gasteiger partial charge in [-0.05, 0) is 30.7 Å². The second-order valence-electron chi connectivity index (χ2n) is 5.76. The summed E-state index contributed by atoms with van der Waals surface area (Å²) in [5, 5.41) is 15.9. The molecule has 0 unspecified atom stereocenters. The first kappa shape index (κ1) is 16.0. The number of carbonyl (C=O) groups excluding carboxylic acids is 1. The van der Waals surface area contributed by atoms with Crippen molar-refractivity contribution in [3.63, 3.8) is 0 Å². The number of hydrogen-bond acceptors (Lipinski definition) is 5. The number of rotatable bonds is 4. The molecule has 2 atom stereocenters. The Bertz CT molecular complexity index is 793. The number of nitrogens with one attached hydrogen (secondary N) is 1. The van der Waals surface area contributed by atoms with Gasteiger partial charge in [-0.25, -0.2) is 0 Å². The van der Waals surface area contributed by atoms with E-state index in [1.807, 2.05) is 14.0 Å². The molecular weight excluding hydrogens is 308 g/mol. The first-order chi connectivity index (χ1) is 11.6. The van der Waals surface area contributed by atoms with E-state index in [-0.39, 0.29) is 18.1 Å². The van der Waals surface area contributed by atoms with E-state index in [0.717, 1.165) is 5.56 Å². The van der Waals surface area contributed by atoms with E-state index in [1.165, 1.54) is 0 Å². The molecule has 1 N–H and O–H groups in total. The summed E-state index contributed by atoms with van der Waals surface area (Å²) < 4.78 is 12.9. The standard InChI is InChI=1S/C17H18N4O3/c1-11-5-12(6-18)3-4-14(11)17(22)20-15-9-23-10-16(15)24-13-7-19-21(2)8-13/h3-5,7-8,15-16H,9-10H2,1-2H3,(H,20,22)/t15-,16+/m0/s1. The zero-order valence-electron chi connectivity index (χ0n) is 13.5. The second kappa shape index (κ2) is 6.72. The molecule has 7 nitrogen and oxygen atoms in total. The zero-order valence-corrected chi connectivity index (χ0v) is 13.5. The number of aryl methyl sites for hydroxylation is 2. The average Bonchev–Trinajstić information content (AvgIpc) is 3.16. The van der Waals surface area contributed by atoms with Crippen molar-refractivity contribution in [3.8, 4) is 11.8 Å². The molecule has 24 heavy (non-hydrogen) atoms. The quantitative estimate of drug-likeness (QED) is 0.911. The van der Waals surface area contributed by atoms with E-state index in [0.29, 0.717) is 30.1 Å². The molecular formula is C17H18N4O3. The predicted octanol–water partition coefficient (Wildman–Crippen LogP) is 1.18. The number of nitriles is 1. The summed E-state index contributed by atoms with van der Waals surface area (Å²) in [4.78, 5) is 12.5. The highest BCUT2D eigenvalue weighted by molar-refractivity contribution is 5.96. The van der Waals surface area contributed by atoms with Crippen LogP contribution in [0.4, 0.5) is 0 Å². The van der Waals surface area contributed by atoms with E-state index in [2.05, 4.69) is 16.5 Å². The topological polar surface area (TPSA) is 89.2 Å². The largest absolute Gasteiger partial charge is 0.482 e. The monoisotopic (exact) mass is 326 g/mol. The van der Waals surface area contributed by atoms with Crippen molar-refractivity contribution in [1.29, 1.82) is 5.26 Å². The number of hydrogen-bond donors (Lipinski definition) is 1. The highest BCUT2D eigenvalue weighted by atomic mass is 16.5. The zero-order chi connectivity index (χ0) is 17.1. The average molecular weight is 326 g/mol. The molecule has 1 aromatic carbocycles. The molecule has 1 aliphatic heterocycles. The van der Waals surface area contributed by atoms with Gasteiger partial charge in [0, 0.05) is 12.6 Å². The molecule has 7 heteroatoms. The van der Waals surface area contributed by atoms with Crippen LogP contribution in [0.5, 0.6) is 5.75 Å². The van der Waals surface area contributed by atoms with Crippen molar-refractivity contribution < 1.29 is 14.3 Å². The minimum Gasteiger partial charge on any atom is -0.482 e. The highest BCUT2D eigenvalue weighted by Crippen LogP contribution is 2.17. The summed E-state index contributed by atoms with van der Waals surface area (Å²) in [7, 11) is 1.81. The summed E-state index contributed by atoms with van der Waals surface area (Å²) in [6, 6.07) is 6.82. The Morgan fingerprint density at radius 1 is 1.50 bits per heavy atom. The summed E-state index contributed by atoms with van der Waals surface area (Å²) in [6.07, 6.45) is 3.13. The Hall–Kier alpha value is -2.85. The molecule has 1 amide bonds. The van der Waals surface area contributed by atoms with Crippen LogP contribution in [0.1, 0.15) is 21.5 Å². The molecule has 0 saturated carbocycles. The van der Waals surface area contributed by atoms with Crippen LogP contribution >= 0.6 is 0 Å². The molecule has 2 heterocycles. The van der Waals surface area contributed by atoms with Gasteiger partial charge >= 0.3 is 0 Å². The number of benzene rings is 1. The van der Waals surface area contributed by atoms with Crippen LogP contribution < -0.4 is 10.1 Å². The summed E-state index contributed by atoms with van der Waals surface area (Å²) >= 11 is 0. The third kappa shape index (κ3) is 3.39. The van der Waals surface area contributed by atoms with Crippen LogP contribution in [0.15, 0.2) is 30.6 Å². The fourth-order valence-corrected chi connectivity index (χ4v) is 2.65. The minimum absolute atomic E-state index is 0.202. The van der Waals surface area contributed by atoms with Crippen molar-refractivity contribution in [2.24, 2.45) is 7.05 Å². The van der Waals surface area contributed by atoms with Crippen LogP contribution in [-0.4, -0.2) is 41.0 Å². The van der Waals surface area contributed by atoms with Crippen LogP contribution in [0.2, 0.25) is 0 Å². The summed E-state index contributed by atoms with van der Waals surface area (Å²) in [6.45, 7) is 2.61. The number of amides is 1. The van der Waals surface area contributed by atoms with E-state index >= 15 is 0 Å². The maximum atomic E-state index is 12.5. The molecule has 1 fully saturated rings. The number of aromatic nitrogens is 2. The van der Waals surface area contributed by atoms with Gasteiger partial charge in [0.15, 0.2) is 5.75 Å². The van der Waals surface area contributed by atoms with Gasteiger partial charge in [0.2, 0.25) is 0 Å². The molecule has 0 bridgehead atoms. The van der Waals surface area contributed by atoms with Gasteiger partial charge < -0.3 is 14.8 Å². The first-order valence-corrected chi connectivity index (χ1v) is 7.61. The molecule has 1 saturated heterocycles. The van der Waals surface area contributed by atoms with Gasteiger partial charge in [-0.1, -0.05) is 0 Å². The second-order valence-corrected chi connectivity index (χ2v) is 5.76. The van der Waals surface area contributed by atoms with Crippen molar-refractivity contribution in [1.82, 2.24) is 15.1 Å². The summed E-state index contributed by atoms with van der Waals surface area (Å²) in [5.74, 6) is 0.439. The SMILES string of the molecule is Cc1cc(C#N)ccc1C(=O)N[C@H]1COC[C@H]1Oc1cnn(C)c1. The van der Waals surface area contributed by atoms with Gasteiger partial charge in [-0.15, -0.1) is 0 Å². The molecule has 1 aliphatic rings. The maximum absolute atomic E-state index is 12.5. The molecule has 124 valence electrons. The van der Waals surface area contributed by atoms with E-state index in [1.54, 1.807) is 35.3 Å². The van der Waals surface area contributed by atoms with Crippen LogP contribution in [0.25, 0.3) is 0 Å². The van der Waals surface area contributed by atoms with Gasteiger partial charge in [0.1, 0.15) is 6.10 Å². The van der Waals surface area contributed by atoms with Crippen LogP contribution in [0.3, 0.4) is 0 Å². The lowest BCUT2D eigenvalue weighted by atomic mass is 10.0. The van der Waals surface area contributed by atoms with Gasteiger partial charge in [0.05, 0.1) is 43.3 Å². The normalized spacial score (nSPS) is 19.7. The lowest BCUT2D eigenvalue weighted by Crippen LogP contribution is -2.45. The summed E-state index contributed by atoms with van der Waals surface area (Å²) in [5.41, 5.74) is 1.84. The number of nitrogens with zero attached hydrogens (tertiary/aromatic N) is 3. The van der Waals surface area contributed by atoms with E-state index in [4.69, 9.17) is 14.7 Å². The number of carbonyl (C=O) groups is 1. The van der Waals surface area contributed by atoms with Gasteiger partial charge in [-0.2, -0.15) is 10.4 Å². The van der Waals surface area contributed by atoms with E-state index < -0.39 is 0 Å². The Balaban J connectivity index is 1.68. The predicted molar refractivity (Wildman–Crippen MR) is 85.6 cm³/mol. The molecule has 2 aromatic rings. The highest BCUT2D eigenvalue weighted by Gasteiger charge is 2.32. The van der Waals surface area contributed by atoms with E-state index in [9.17, 15) is 4.79 Å². The van der Waals surface area contributed by atoms with Gasteiger partial charge in [0.25, 0.3) is 5.91 Å². The maximum Gasteiger partial charge on any atom is 0.251 e. The van der Waals surface area contributed by atoms with Crippen molar-refractivity contribution >= 4 is 5.91 Å². The fraction of sp³-hybridized carbons (Fsp3) is 0.353. The molecule has 0 spiro atoms. The fourth-order valence-electron chi connectivity index (χ4n) is 2.65. The lowest BCUT2D eigenvalue weighted by molar-refractivity contribution is 0.0903. The molecule has 1 aromatic heterocycles. The van der Waals surface area contributed by atoms with Crippen LogP contribution in [0, 0.1) is 18.3 Å². The van der Waals surface area contributed by atoms with Crippen molar-refractivity contribution in [2.75, 3.05) is 13.2 Å². The number of ether oxygens (including phenoxy) is 2. The molecule has 3 rings (SSSR count). The molecule has 0 aliphatic carbocycles. The Labute approximate surface area is 139 Å². The Morgan fingerprint density at radius 2 is 2.33 bits per heavy atom. The first-order valence-electron chi connectivity index (χ1n) is 7.61. The Morgan fingerprint density at radius 3 is 3.00 bits per heavy atom. The third-order valence-corrected chi connectivity index (χ3v) is 3.91.